The molecular formula is C10H21K3NO6P2-. The van der Waals surface area contributed by atoms with Gasteiger partial charge in [0.25, 0.3) is 0 Å². The minimum Gasteiger partial charge on any atom is -0.810 e. The number of hydrogen-bond donors (Lipinski definition) is 0. The Morgan fingerprint density at radius 1 is 0.727 bits per heavy atom. The Labute approximate surface area is 261 Å². The molecule has 0 unspecified atom stereocenters. The van der Waals surface area contributed by atoms with E-state index in [4.69, 9.17) is 0 Å². The zero-order valence-electron chi connectivity index (χ0n) is 14.2. The fourth-order valence-corrected chi connectivity index (χ4v) is 3.41. The molecule has 0 N–H and O–H groups in total. The fourth-order valence-electron chi connectivity index (χ4n) is 1.79. The summed E-state index contributed by atoms with van der Waals surface area (Å²) in [7, 11) is -9.69. The summed E-state index contributed by atoms with van der Waals surface area (Å²) in [5, 5.41) is 0. The van der Waals surface area contributed by atoms with Gasteiger partial charge in [-0.1, -0.05) is 54.2 Å². The van der Waals surface area contributed by atoms with Crippen LogP contribution in [0.5, 0.6) is 0 Å². The average molecular weight is 431 g/mol. The second-order valence-electron chi connectivity index (χ2n) is 4.67. The second-order valence-corrected chi connectivity index (χ2v) is 7.68. The molecule has 12 heteroatoms. The first kappa shape index (κ1) is 34.7. The molecule has 0 saturated carbocycles. The van der Waals surface area contributed by atoms with Crippen LogP contribution in [0.2, 0.25) is 0 Å². The molecule has 0 rings (SSSR count). The van der Waals surface area contributed by atoms with Gasteiger partial charge in [-0.15, -0.1) is 0 Å². The van der Waals surface area contributed by atoms with Crippen LogP contribution in [0, 0.1) is 0 Å². The SMILES string of the molecule is CCCCCCCCN(CP(=O)([O-])[O-])CP(=O)([O-])[O-].[K+].[K+].[K+]. The van der Waals surface area contributed by atoms with Crippen LogP contribution in [0.25, 0.3) is 0 Å². The molecule has 22 heavy (non-hydrogen) atoms. The van der Waals surface area contributed by atoms with E-state index in [1.807, 2.05) is 0 Å². The van der Waals surface area contributed by atoms with Crippen LogP contribution in [0.15, 0.2) is 0 Å². The standard InChI is InChI=1S/C10H25NO6P2.3K/c1-2-3-4-5-6-7-8-11(9-18(12,13)14)10-19(15,16)17;;;/h2-10H2,1H3,(H2,12,13,14)(H2,15,16,17);;;/q;3*+1/p-4. The van der Waals surface area contributed by atoms with E-state index in [9.17, 15) is 28.7 Å². The van der Waals surface area contributed by atoms with Gasteiger partial charge in [-0.3, -0.25) is 4.90 Å². The first-order valence-corrected chi connectivity index (χ1v) is 9.84. The van der Waals surface area contributed by atoms with Crippen molar-refractivity contribution in [1.82, 2.24) is 4.90 Å². The van der Waals surface area contributed by atoms with Gasteiger partial charge in [-0.05, 0) is 13.0 Å². The topological polar surface area (TPSA) is 130 Å². The number of hydrogen-bond acceptors (Lipinski definition) is 7. The zero-order chi connectivity index (χ0) is 14.9. The van der Waals surface area contributed by atoms with E-state index in [0.29, 0.717) is 6.42 Å². The molecule has 0 spiro atoms. The van der Waals surface area contributed by atoms with E-state index in [2.05, 4.69) is 6.92 Å². The summed E-state index contributed by atoms with van der Waals surface area (Å²) in [6.45, 7) is 2.22. The van der Waals surface area contributed by atoms with E-state index >= 15 is 0 Å². The van der Waals surface area contributed by atoms with Crippen molar-refractivity contribution in [2.75, 3.05) is 19.1 Å². The summed E-state index contributed by atoms with van der Waals surface area (Å²) >= 11 is 0. The summed E-state index contributed by atoms with van der Waals surface area (Å²) in [4.78, 5) is 43.5. The molecule has 7 nitrogen and oxygen atoms in total. The predicted octanol–water partition coefficient (Wildman–Crippen LogP) is -9.60. The molecule has 0 aliphatic carbocycles. The van der Waals surface area contributed by atoms with Gasteiger partial charge in [0.05, 0.1) is 0 Å². The molecule has 0 aromatic rings. The van der Waals surface area contributed by atoms with Crippen LogP contribution in [-0.4, -0.2) is 24.0 Å². The molecule has 0 aliphatic heterocycles. The Morgan fingerprint density at radius 2 is 1.09 bits per heavy atom. The van der Waals surface area contributed by atoms with Gasteiger partial charge in [0.1, 0.15) is 0 Å². The Morgan fingerprint density at radius 3 is 1.45 bits per heavy atom. The van der Waals surface area contributed by atoms with Gasteiger partial charge in [0.15, 0.2) is 0 Å². The van der Waals surface area contributed by atoms with E-state index in [1.165, 1.54) is 0 Å². The van der Waals surface area contributed by atoms with Gasteiger partial charge >= 0.3 is 154 Å². The first-order chi connectivity index (χ1) is 8.64. The van der Waals surface area contributed by atoms with Crippen molar-refractivity contribution in [3.05, 3.63) is 0 Å². The molecular weight excluding hydrogens is 409 g/mol. The Balaban J connectivity index is -0.000000540. The maximum absolute atomic E-state index is 10.6. The molecule has 0 amide bonds. The molecule has 0 atom stereocenters. The minimum absolute atomic E-state index is 0. The van der Waals surface area contributed by atoms with Crippen molar-refractivity contribution in [3.63, 3.8) is 0 Å². The van der Waals surface area contributed by atoms with Crippen molar-refractivity contribution in [2.24, 2.45) is 0 Å². The molecule has 0 bridgehead atoms. The Bertz CT molecular complexity index is 315. The van der Waals surface area contributed by atoms with Crippen LogP contribution >= 0.6 is 15.2 Å². The summed E-state index contributed by atoms with van der Waals surface area (Å²) in [5.74, 6) is 0. The largest absolute Gasteiger partial charge is 1.00 e. The van der Waals surface area contributed by atoms with E-state index < -0.39 is 27.8 Å². The van der Waals surface area contributed by atoms with Crippen molar-refractivity contribution >= 4 is 15.2 Å². The van der Waals surface area contributed by atoms with Crippen LogP contribution < -0.4 is 174 Å². The normalized spacial score (nSPS) is 11.4. The summed E-state index contributed by atoms with van der Waals surface area (Å²) in [6.07, 6.45) is 3.85. The third-order valence-electron chi connectivity index (χ3n) is 2.57. The maximum Gasteiger partial charge on any atom is 1.00 e. The molecule has 0 heterocycles. The van der Waals surface area contributed by atoms with Crippen LogP contribution in [0.3, 0.4) is 0 Å². The average Bonchev–Trinajstić information content (AvgIpc) is 2.18. The van der Waals surface area contributed by atoms with Gasteiger partial charge in [0, 0.05) is 12.6 Å². The number of unbranched alkanes of at least 4 members (excludes halogenated alkanes) is 5. The van der Waals surface area contributed by atoms with Crippen molar-refractivity contribution in [3.8, 4) is 0 Å². The van der Waals surface area contributed by atoms with Crippen molar-refractivity contribution < 1.29 is 183 Å². The predicted molar refractivity (Wildman–Crippen MR) is 65.0 cm³/mol. The molecule has 116 valence electrons. The maximum atomic E-state index is 10.6. The molecule has 0 saturated heterocycles. The quantitative estimate of drug-likeness (QED) is 0.181. The minimum atomic E-state index is -4.85. The zero-order valence-corrected chi connectivity index (χ0v) is 25.3. The number of rotatable bonds is 11. The van der Waals surface area contributed by atoms with Crippen molar-refractivity contribution in [2.45, 2.75) is 45.4 Å². The van der Waals surface area contributed by atoms with Crippen LogP contribution in [0.1, 0.15) is 45.4 Å². The Hall–Kier alpha value is 5.17. The molecule has 0 radical (unpaired) electrons. The van der Waals surface area contributed by atoms with Crippen LogP contribution in [0.4, 0.5) is 0 Å². The van der Waals surface area contributed by atoms with E-state index in [0.717, 1.165) is 37.0 Å². The molecule has 0 aromatic carbocycles. The summed E-state index contributed by atoms with van der Waals surface area (Å²) in [6, 6.07) is 0. The monoisotopic (exact) mass is 430 g/mol. The molecule has 0 aliphatic rings. The summed E-state index contributed by atoms with van der Waals surface area (Å²) in [5.41, 5.74) is 0. The van der Waals surface area contributed by atoms with Crippen LogP contribution in [-0.2, 0) is 9.13 Å². The third-order valence-corrected chi connectivity index (χ3v) is 4.07. The number of nitrogens with zero attached hydrogens (tertiary/aromatic N) is 1. The fraction of sp³-hybridized carbons (Fsp3) is 1.00. The van der Waals surface area contributed by atoms with Crippen molar-refractivity contribution in [1.29, 1.82) is 0 Å². The van der Waals surface area contributed by atoms with Gasteiger partial charge < -0.3 is 28.7 Å². The molecule has 0 aromatic heterocycles. The van der Waals surface area contributed by atoms with Gasteiger partial charge in [-0.25, -0.2) is 0 Å². The first-order valence-electron chi connectivity index (χ1n) is 6.38. The Kier molecular flexibility index (Phi) is 30.7. The smallest absolute Gasteiger partial charge is 0.810 e. The molecule has 0 fully saturated rings. The van der Waals surface area contributed by atoms with E-state index in [-0.39, 0.29) is 161 Å². The summed E-state index contributed by atoms with van der Waals surface area (Å²) < 4.78 is 21.3. The van der Waals surface area contributed by atoms with Gasteiger partial charge in [0.2, 0.25) is 0 Å². The van der Waals surface area contributed by atoms with E-state index in [1.54, 1.807) is 0 Å². The van der Waals surface area contributed by atoms with Gasteiger partial charge in [-0.2, -0.15) is 0 Å². The second kappa shape index (κ2) is 19.5. The third kappa shape index (κ3) is 27.4.